The van der Waals surface area contributed by atoms with Crippen molar-refractivity contribution in [3.63, 3.8) is 0 Å². The second kappa shape index (κ2) is 11.6. The van der Waals surface area contributed by atoms with Crippen LogP contribution in [0.15, 0.2) is 71.6 Å². The van der Waals surface area contributed by atoms with E-state index < -0.39 is 28.5 Å². The summed E-state index contributed by atoms with van der Waals surface area (Å²) in [6.07, 6.45) is 1.54. The third kappa shape index (κ3) is 6.37. The third-order valence-electron chi connectivity index (χ3n) is 5.48. The molecule has 1 aliphatic rings. The van der Waals surface area contributed by atoms with Crippen molar-refractivity contribution in [2.75, 3.05) is 19.0 Å². The predicted molar refractivity (Wildman–Crippen MR) is 143 cm³/mol. The molecule has 0 aromatic heterocycles. The number of nitro groups is 1. The highest BCUT2D eigenvalue weighted by molar-refractivity contribution is 8.18. The first kappa shape index (κ1) is 26.4. The number of hydrogen-bond acceptors (Lipinski definition) is 8. The van der Waals surface area contributed by atoms with Crippen LogP contribution in [-0.2, 0) is 16.2 Å². The summed E-state index contributed by atoms with van der Waals surface area (Å²) in [5.41, 5.74) is 2.71. The van der Waals surface area contributed by atoms with Crippen molar-refractivity contribution in [2.24, 2.45) is 0 Å². The zero-order chi connectivity index (χ0) is 27.2. The number of nitrogens with zero attached hydrogens (tertiary/aromatic N) is 2. The molecule has 1 fully saturated rings. The second-order valence-electron chi connectivity index (χ2n) is 8.31. The van der Waals surface area contributed by atoms with Gasteiger partial charge in [0.2, 0.25) is 5.91 Å². The number of carbonyl (C=O) groups is 3. The maximum atomic E-state index is 12.9. The maximum Gasteiger partial charge on any atom is 0.294 e. The van der Waals surface area contributed by atoms with Crippen LogP contribution < -0.4 is 14.8 Å². The second-order valence-corrected chi connectivity index (χ2v) is 9.30. The van der Waals surface area contributed by atoms with Crippen molar-refractivity contribution in [3.8, 4) is 11.5 Å². The summed E-state index contributed by atoms with van der Waals surface area (Å²) < 4.78 is 11.2. The molecule has 1 heterocycles. The minimum absolute atomic E-state index is 0.0324. The summed E-state index contributed by atoms with van der Waals surface area (Å²) in [5, 5.41) is 13.1. The van der Waals surface area contributed by atoms with Gasteiger partial charge in [-0.2, -0.15) is 0 Å². The van der Waals surface area contributed by atoms with E-state index in [4.69, 9.17) is 9.47 Å². The quantitative estimate of drug-likeness (QED) is 0.227. The lowest BCUT2D eigenvalue weighted by Gasteiger charge is -2.13. The van der Waals surface area contributed by atoms with Crippen molar-refractivity contribution >= 4 is 46.3 Å². The number of amides is 3. The van der Waals surface area contributed by atoms with Gasteiger partial charge in [-0.05, 0) is 65.7 Å². The Labute approximate surface area is 222 Å². The van der Waals surface area contributed by atoms with Crippen LogP contribution in [0, 0.1) is 17.0 Å². The molecule has 0 aliphatic carbocycles. The number of nitro benzene ring substituents is 1. The van der Waals surface area contributed by atoms with Crippen LogP contribution in [0.4, 0.5) is 16.2 Å². The molecule has 0 radical (unpaired) electrons. The largest absolute Gasteiger partial charge is 0.493 e. The standard InChI is InChI=1S/C27H23N3O7S/c1-17-5-3-7-20(11-17)28-25(31)15-29-26(32)24(38-27(29)33)14-18-9-10-22(23(13-18)36-2)37-16-19-6-4-8-21(12-19)30(34)35/h3-14H,15-16H2,1-2H3,(H,28,31)/b24-14+. The molecule has 1 N–H and O–H groups in total. The summed E-state index contributed by atoms with van der Waals surface area (Å²) in [6, 6.07) is 18.3. The van der Waals surface area contributed by atoms with Gasteiger partial charge in [-0.3, -0.25) is 29.4 Å². The fourth-order valence-electron chi connectivity index (χ4n) is 3.67. The van der Waals surface area contributed by atoms with Crippen LogP contribution >= 0.6 is 11.8 Å². The fourth-order valence-corrected chi connectivity index (χ4v) is 4.51. The molecule has 10 nitrogen and oxygen atoms in total. The average Bonchev–Trinajstić information content (AvgIpc) is 3.15. The van der Waals surface area contributed by atoms with E-state index in [2.05, 4.69) is 5.32 Å². The molecule has 3 amide bonds. The van der Waals surface area contributed by atoms with Gasteiger partial charge in [0.25, 0.3) is 16.8 Å². The Morgan fingerprint density at radius 1 is 1.08 bits per heavy atom. The SMILES string of the molecule is COc1cc(/C=C2/SC(=O)N(CC(=O)Nc3cccc(C)c3)C2=O)ccc1OCc1cccc([N+](=O)[O-])c1. The minimum atomic E-state index is -0.565. The summed E-state index contributed by atoms with van der Waals surface area (Å²) in [5.74, 6) is -0.270. The first-order valence-electron chi connectivity index (χ1n) is 11.4. The molecule has 0 saturated carbocycles. The molecular formula is C27H23N3O7S. The molecule has 11 heteroatoms. The number of methoxy groups -OCH3 is 1. The number of imide groups is 1. The lowest BCUT2D eigenvalue weighted by atomic mass is 10.1. The Morgan fingerprint density at radius 2 is 1.87 bits per heavy atom. The number of carbonyl (C=O) groups excluding carboxylic acids is 3. The van der Waals surface area contributed by atoms with E-state index in [0.717, 1.165) is 22.2 Å². The normalized spacial score (nSPS) is 14.1. The number of anilines is 1. The first-order valence-corrected chi connectivity index (χ1v) is 12.2. The smallest absolute Gasteiger partial charge is 0.294 e. The van der Waals surface area contributed by atoms with E-state index >= 15 is 0 Å². The molecule has 1 saturated heterocycles. The number of benzene rings is 3. The molecule has 3 aromatic carbocycles. The van der Waals surface area contributed by atoms with Gasteiger partial charge in [0.05, 0.1) is 16.9 Å². The van der Waals surface area contributed by atoms with E-state index in [1.165, 1.54) is 25.3 Å². The predicted octanol–water partition coefficient (Wildman–Crippen LogP) is 5.17. The number of non-ortho nitro benzene ring substituents is 1. The maximum absolute atomic E-state index is 12.9. The average molecular weight is 534 g/mol. The van der Waals surface area contributed by atoms with Gasteiger partial charge < -0.3 is 14.8 Å². The van der Waals surface area contributed by atoms with E-state index in [9.17, 15) is 24.5 Å². The molecule has 0 bridgehead atoms. The Morgan fingerprint density at radius 3 is 2.61 bits per heavy atom. The fraction of sp³-hybridized carbons (Fsp3) is 0.148. The van der Waals surface area contributed by atoms with Gasteiger partial charge in [-0.15, -0.1) is 0 Å². The van der Waals surface area contributed by atoms with Crippen LogP contribution in [-0.4, -0.2) is 40.5 Å². The van der Waals surface area contributed by atoms with E-state index in [-0.39, 0.29) is 17.2 Å². The molecule has 38 heavy (non-hydrogen) atoms. The summed E-state index contributed by atoms with van der Waals surface area (Å²) in [6.45, 7) is 1.58. The first-order chi connectivity index (χ1) is 18.2. The lowest BCUT2D eigenvalue weighted by molar-refractivity contribution is -0.384. The number of rotatable bonds is 9. The molecule has 0 unspecified atom stereocenters. The zero-order valence-electron chi connectivity index (χ0n) is 20.5. The highest BCUT2D eigenvalue weighted by atomic mass is 32.2. The van der Waals surface area contributed by atoms with Crippen molar-refractivity contribution < 1.29 is 28.8 Å². The van der Waals surface area contributed by atoms with Crippen molar-refractivity contribution in [1.82, 2.24) is 4.90 Å². The number of ether oxygens (including phenoxy) is 2. The number of nitrogens with one attached hydrogen (secondary N) is 1. The number of thioether (sulfide) groups is 1. The highest BCUT2D eigenvalue weighted by Crippen LogP contribution is 2.35. The van der Waals surface area contributed by atoms with Crippen LogP contribution in [0.1, 0.15) is 16.7 Å². The van der Waals surface area contributed by atoms with Gasteiger partial charge in [0.1, 0.15) is 13.2 Å². The molecule has 0 atom stereocenters. The van der Waals surface area contributed by atoms with Crippen LogP contribution in [0.3, 0.4) is 0 Å². The van der Waals surface area contributed by atoms with Crippen LogP contribution in [0.25, 0.3) is 6.08 Å². The molecular weight excluding hydrogens is 510 g/mol. The van der Waals surface area contributed by atoms with E-state index in [0.29, 0.717) is 28.3 Å². The molecule has 194 valence electrons. The summed E-state index contributed by atoms with van der Waals surface area (Å²) in [7, 11) is 1.46. The van der Waals surface area contributed by atoms with Crippen molar-refractivity contribution in [3.05, 3.63) is 98.4 Å². The van der Waals surface area contributed by atoms with Gasteiger partial charge in [-0.1, -0.05) is 30.3 Å². The van der Waals surface area contributed by atoms with Gasteiger partial charge in [0, 0.05) is 17.8 Å². The van der Waals surface area contributed by atoms with Gasteiger partial charge in [0.15, 0.2) is 11.5 Å². The van der Waals surface area contributed by atoms with E-state index in [1.807, 2.05) is 13.0 Å². The molecule has 1 aliphatic heterocycles. The highest BCUT2D eigenvalue weighted by Gasteiger charge is 2.36. The molecule has 3 aromatic rings. The summed E-state index contributed by atoms with van der Waals surface area (Å²) >= 11 is 0.748. The molecule has 0 spiro atoms. The van der Waals surface area contributed by atoms with E-state index in [1.54, 1.807) is 48.5 Å². The summed E-state index contributed by atoms with van der Waals surface area (Å²) in [4.78, 5) is 49.3. The number of hydrogen-bond donors (Lipinski definition) is 1. The van der Waals surface area contributed by atoms with Crippen molar-refractivity contribution in [1.29, 1.82) is 0 Å². The zero-order valence-corrected chi connectivity index (χ0v) is 21.3. The Kier molecular flexibility index (Phi) is 8.07. The Bertz CT molecular complexity index is 1450. The Hall–Kier alpha value is -4.64. The van der Waals surface area contributed by atoms with Gasteiger partial charge >= 0.3 is 0 Å². The monoisotopic (exact) mass is 533 g/mol. The lowest BCUT2D eigenvalue weighted by Crippen LogP contribution is -2.36. The van der Waals surface area contributed by atoms with Crippen molar-refractivity contribution in [2.45, 2.75) is 13.5 Å². The van der Waals surface area contributed by atoms with Gasteiger partial charge in [-0.25, -0.2) is 0 Å². The van der Waals surface area contributed by atoms with Crippen LogP contribution in [0.2, 0.25) is 0 Å². The van der Waals surface area contributed by atoms with Crippen LogP contribution in [0.5, 0.6) is 11.5 Å². The topological polar surface area (TPSA) is 128 Å². The molecule has 4 rings (SSSR count). The Balaban J connectivity index is 1.43. The third-order valence-corrected chi connectivity index (χ3v) is 6.39. The minimum Gasteiger partial charge on any atom is -0.493 e. The number of aryl methyl sites for hydroxylation is 1.